The molecule has 0 spiro atoms. The van der Waals surface area contributed by atoms with E-state index in [1.54, 1.807) is 30.3 Å². The first-order valence-corrected chi connectivity index (χ1v) is 7.59. The first-order valence-electron chi connectivity index (χ1n) is 7.59. The number of benzene rings is 2. The largest absolute Gasteiger partial charge is 0.496 e. The minimum absolute atomic E-state index is 0.0518. The number of nitrogens with two attached hydrogens (primary N) is 1. The summed E-state index contributed by atoms with van der Waals surface area (Å²) in [5.74, 6) is 0.0318. The summed E-state index contributed by atoms with van der Waals surface area (Å²) < 4.78 is 7.30. The zero-order valence-electron chi connectivity index (χ0n) is 13.9. The molecule has 0 unspecified atom stereocenters. The van der Waals surface area contributed by atoms with Gasteiger partial charge in [0, 0.05) is 48.3 Å². The second kappa shape index (κ2) is 6.27. The Kier molecular flexibility index (Phi) is 4.14. The van der Waals surface area contributed by atoms with E-state index in [4.69, 9.17) is 10.5 Å². The summed E-state index contributed by atoms with van der Waals surface area (Å²) in [5.41, 5.74) is 8.44. The molecule has 2 N–H and O–H groups in total. The zero-order valence-corrected chi connectivity index (χ0v) is 13.9. The molecule has 0 aliphatic rings. The number of nitro benzene ring substituents is 1. The van der Waals surface area contributed by atoms with Gasteiger partial charge in [0.05, 0.1) is 12.0 Å². The van der Waals surface area contributed by atoms with Crippen LogP contribution in [0.4, 0.5) is 5.69 Å². The van der Waals surface area contributed by atoms with E-state index in [1.165, 1.54) is 13.2 Å². The van der Waals surface area contributed by atoms with Crippen LogP contribution in [0.15, 0.2) is 42.6 Å². The number of carbonyl (C=O) groups excluding carboxylic acids is 1. The molecule has 0 aliphatic heterocycles. The number of primary amides is 1. The van der Waals surface area contributed by atoms with E-state index in [0.29, 0.717) is 17.7 Å². The van der Waals surface area contributed by atoms with E-state index in [-0.39, 0.29) is 5.69 Å². The maximum Gasteiger partial charge on any atom is 0.270 e. The molecule has 0 aliphatic carbocycles. The van der Waals surface area contributed by atoms with Crippen LogP contribution < -0.4 is 10.5 Å². The van der Waals surface area contributed by atoms with E-state index in [2.05, 4.69) is 0 Å². The van der Waals surface area contributed by atoms with Crippen molar-refractivity contribution in [2.24, 2.45) is 12.8 Å². The van der Waals surface area contributed by atoms with Crippen molar-refractivity contribution in [2.45, 2.75) is 6.42 Å². The van der Waals surface area contributed by atoms with Crippen LogP contribution in [0.5, 0.6) is 5.75 Å². The van der Waals surface area contributed by atoms with Gasteiger partial charge in [0.25, 0.3) is 5.69 Å². The highest BCUT2D eigenvalue weighted by Crippen LogP contribution is 2.30. The van der Waals surface area contributed by atoms with Crippen LogP contribution in [0.2, 0.25) is 0 Å². The van der Waals surface area contributed by atoms with Crippen molar-refractivity contribution in [1.29, 1.82) is 0 Å². The lowest BCUT2D eigenvalue weighted by molar-refractivity contribution is -0.384. The van der Waals surface area contributed by atoms with E-state index in [1.807, 2.05) is 17.8 Å². The molecule has 0 bridgehead atoms. The number of non-ortho nitro benzene ring substituents is 1. The summed E-state index contributed by atoms with van der Waals surface area (Å²) in [6, 6.07) is 9.85. The number of nitrogens with zero attached hydrogens (tertiary/aromatic N) is 2. The number of fused-ring (bicyclic) bond motifs is 1. The molecule has 25 heavy (non-hydrogen) atoms. The van der Waals surface area contributed by atoms with Gasteiger partial charge in [-0.05, 0) is 29.3 Å². The van der Waals surface area contributed by atoms with Gasteiger partial charge in [0.2, 0.25) is 5.91 Å². The van der Waals surface area contributed by atoms with Gasteiger partial charge in [0.15, 0.2) is 0 Å². The Bertz CT molecular complexity index is 991. The fourth-order valence-electron chi connectivity index (χ4n) is 2.97. The molecule has 0 saturated heterocycles. The van der Waals surface area contributed by atoms with Crippen LogP contribution in [-0.2, 0) is 13.5 Å². The topological polar surface area (TPSA) is 100 Å². The molecular formula is C18H17N3O4. The predicted octanol–water partition coefficient (Wildman–Crippen LogP) is 2.78. The fourth-order valence-corrected chi connectivity index (χ4v) is 2.97. The fraction of sp³-hybridized carbons (Fsp3) is 0.167. The second-order valence-corrected chi connectivity index (χ2v) is 5.79. The van der Waals surface area contributed by atoms with E-state index < -0.39 is 10.8 Å². The highest BCUT2D eigenvalue weighted by atomic mass is 16.6. The number of carbonyl (C=O) groups is 1. The smallest absolute Gasteiger partial charge is 0.270 e. The van der Waals surface area contributed by atoms with Crippen LogP contribution in [0.25, 0.3) is 10.9 Å². The van der Waals surface area contributed by atoms with Crippen LogP contribution in [0.1, 0.15) is 21.5 Å². The number of amides is 1. The van der Waals surface area contributed by atoms with Gasteiger partial charge >= 0.3 is 0 Å². The SMILES string of the molecule is COc1cc(C(N)=O)ccc1Cc1cn(C)c2ccc([N+](=O)[O-])cc12. The van der Waals surface area contributed by atoms with Crippen molar-refractivity contribution in [3.8, 4) is 5.75 Å². The molecule has 0 atom stereocenters. The molecule has 0 fully saturated rings. The molecule has 0 radical (unpaired) electrons. The molecule has 7 nitrogen and oxygen atoms in total. The molecule has 3 rings (SSSR count). The van der Waals surface area contributed by atoms with Gasteiger partial charge < -0.3 is 15.0 Å². The van der Waals surface area contributed by atoms with Crippen LogP contribution in [-0.4, -0.2) is 22.5 Å². The molecule has 7 heteroatoms. The third kappa shape index (κ3) is 3.03. The summed E-state index contributed by atoms with van der Waals surface area (Å²) in [7, 11) is 3.42. The highest BCUT2D eigenvalue weighted by molar-refractivity contribution is 5.93. The summed E-state index contributed by atoms with van der Waals surface area (Å²) in [6.45, 7) is 0. The summed E-state index contributed by atoms with van der Waals surface area (Å²) in [6.07, 6.45) is 2.45. The van der Waals surface area contributed by atoms with Gasteiger partial charge in [-0.25, -0.2) is 0 Å². The summed E-state index contributed by atoms with van der Waals surface area (Å²) in [5, 5.41) is 11.9. The Morgan fingerprint density at radius 2 is 2.00 bits per heavy atom. The van der Waals surface area contributed by atoms with E-state index >= 15 is 0 Å². The van der Waals surface area contributed by atoms with Gasteiger partial charge in [-0.3, -0.25) is 14.9 Å². The maximum atomic E-state index is 11.3. The van der Waals surface area contributed by atoms with Crippen LogP contribution in [0, 0.1) is 10.1 Å². The molecule has 3 aromatic rings. The number of methoxy groups -OCH3 is 1. The quantitative estimate of drug-likeness (QED) is 0.570. The van der Waals surface area contributed by atoms with Crippen molar-refractivity contribution in [3.05, 3.63) is 69.4 Å². The minimum atomic E-state index is -0.523. The molecule has 128 valence electrons. The highest BCUT2D eigenvalue weighted by Gasteiger charge is 2.15. The van der Waals surface area contributed by atoms with Gasteiger partial charge in [-0.1, -0.05) is 6.07 Å². The Balaban J connectivity index is 2.07. The Hall–Kier alpha value is -3.35. The molecular weight excluding hydrogens is 322 g/mol. The molecule has 0 saturated carbocycles. The number of rotatable bonds is 5. The van der Waals surface area contributed by atoms with Crippen molar-refractivity contribution >= 4 is 22.5 Å². The first kappa shape index (κ1) is 16.5. The Labute approximate surface area is 143 Å². The number of hydrogen-bond acceptors (Lipinski definition) is 4. The average Bonchev–Trinajstić information content (AvgIpc) is 2.90. The lowest BCUT2D eigenvalue weighted by atomic mass is 10.0. The molecule has 1 amide bonds. The first-order chi connectivity index (χ1) is 11.9. The number of ether oxygens (including phenoxy) is 1. The lowest BCUT2D eigenvalue weighted by Crippen LogP contribution is -2.11. The summed E-state index contributed by atoms with van der Waals surface area (Å²) in [4.78, 5) is 22.0. The van der Waals surface area contributed by atoms with Crippen molar-refractivity contribution in [3.63, 3.8) is 0 Å². The third-order valence-electron chi connectivity index (χ3n) is 4.22. The third-order valence-corrected chi connectivity index (χ3v) is 4.22. The number of nitro groups is 1. The number of aryl methyl sites for hydroxylation is 1. The van der Waals surface area contributed by atoms with Gasteiger partial charge in [-0.2, -0.15) is 0 Å². The Morgan fingerprint density at radius 3 is 2.64 bits per heavy atom. The Morgan fingerprint density at radius 1 is 1.24 bits per heavy atom. The standard InChI is InChI=1S/C18H17N3O4/c1-20-10-13(15-9-14(21(23)24)5-6-16(15)20)7-11-3-4-12(18(19)22)8-17(11)25-2/h3-6,8-10H,7H2,1-2H3,(H2,19,22). The molecule has 1 aromatic heterocycles. The zero-order chi connectivity index (χ0) is 18.1. The second-order valence-electron chi connectivity index (χ2n) is 5.79. The van der Waals surface area contributed by atoms with Gasteiger partial charge in [0.1, 0.15) is 5.75 Å². The van der Waals surface area contributed by atoms with Crippen LogP contribution in [0.3, 0.4) is 0 Å². The van der Waals surface area contributed by atoms with Gasteiger partial charge in [-0.15, -0.1) is 0 Å². The van der Waals surface area contributed by atoms with Crippen molar-refractivity contribution in [1.82, 2.24) is 4.57 Å². The van der Waals surface area contributed by atoms with E-state index in [9.17, 15) is 14.9 Å². The van der Waals surface area contributed by atoms with E-state index in [0.717, 1.165) is 22.0 Å². The average molecular weight is 339 g/mol. The van der Waals surface area contributed by atoms with Crippen molar-refractivity contribution in [2.75, 3.05) is 7.11 Å². The summed E-state index contributed by atoms with van der Waals surface area (Å²) >= 11 is 0. The van der Waals surface area contributed by atoms with Crippen molar-refractivity contribution < 1.29 is 14.5 Å². The lowest BCUT2D eigenvalue weighted by Gasteiger charge is -2.09. The predicted molar refractivity (Wildman–Crippen MR) is 93.9 cm³/mol. The van der Waals surface area contributed by atoms with Crippen LogP contribution >= 0.6 is 0 Å². The normalized spacial score (nSPS) is 10.8. The minimum Gasteiger partial charge on any atom is -0.496 e. The monoisotopic (exact) mass is 339 g/mol. The molecule has 1 heterocycles. The number of hydrogen-bond donors (Lipinski definition) is 1. The molecule has 2 aromatic carbocycles. The maximum absolute atomic E-state index is 11.3. The number of aromatic nitrogens is 1.